The number of rotatable bonds is 12. The highest BCUT2D eigenvalue weighted by atomic mass is 16.1. The zero-order chi connectivity index (χ0) is 22.8. The summed E-state index contributed by atoms with van der Waals surface area (Å²) in [5.41, 5.74) is 11.7. The third kappa shape index (κ3) is 6.88. The predicted octanol–water partition coefficient (Wildman–Crippen LogP) is 7.00. The van der Waals surface area contributed by atoms with E-state index in [1.807, 2.05) is 78.9 Å². The van der Waals surface area contributed by atoms with Crippen LogP contribution in [0.3, 0.4) is 0 Å². The number of allylic oxidation sites excluding steroid dienone is 2. The second kappa shape index (κ2) is 11.6. The Morgan fingerprint density at radius 1 is 0.719 bits per heavy atom. The number of carbonyl (C=O) groups excluding carboxylic acids is 1. The van der Waals surface area contributed by atoms with Gasteiger partial charge in [-0.2, -0.15) is 0 Å². The van der Waals surface area contributed by atoms with Crippen LogP contribution in [-0.2, 0) is 0 Å². The molecule has 0 spiro atoms. The topological polar surface area (TPSA) is 67.2 Å². The fourth-order valence-electron chi connectivity index (χ4n) is 3.48. The Hall–Kier alpha value is -3.79. The van der Waals surface area contributed by atoms with E-state index >= 15 is 0 Å². The number of benzene rings is 3. The summed E-state index contributed by atoms with van der Waals surface area (Å²) in [5.74, 6) is 0.0194. The van der Waals surface area contributed by atoms with Crippen LogP contribution in [-0.4, -0.2) is 5.78 Å². The van der Waals surface area contributed by atoms with E-state index in [0.29, 0.717) is 11.1 Å². The lowest BCUT2D eigenvalue weighted by atomic mass is 10.0. The van der Waals surface area contributed by atoms with Crippen LogP contribution in [0.2, 0.25) is 0 Å². The molecule has 0 radical (unpaired) electrons. The molecule has 0 atom stereocenters. The van der Waals surface area contributed by atoms with E-state index in [2.05, 4.69) is 23.8 Å². The van der Waals surface area contributed by atoms with Crippen molar-refractivity contribution in [1.29, 1.82) is 0 Å². The Labute approximate surface area is 190 Å². The summed E-state index contributed by atoms with van der Waals surface area (Å²) in [7, 11) is 0. The van der Waals surface area contributed by atoms with Gasteiger partial charge >= 0.3 is 0 Å². The largest absolute Gasteiger partial charge is 0.397 e. The first-order valence-electron chi connectivity index (χ1n) is 11.0. The molecule has 0 fully saturated rings. The molecule has 4 heteroatoms. The molecule has 164 valence electrons. The van der Waals surface area contributed by atoms with Gasteiger partial charge in [0.15, 0.2) is 5.78 Å². The van der Waals surface area contributed by atoms with E-state index in [1.54, 1.807) is 0 Å². The van der Waals surface area contributed by atoms with Crippen molar-refractivity contribution in [2.75, 3.05) is 16.4 Å². The highest BCUT2D eigenvalue weighted by Gasteiger charge is 2.09. The van der Waals surface area contributed by atoms with Crippen LogP contribution in [0.1, 0.15) is 48.0 Å². The number of anilines is 3. The smallest absolute Gasteiger partial charge is 0.193 e. The fourth-order valence-corrected chi connectivity index (χ4v) is 3.48. The van der Waals surface area contributed by atoms with E-state index in [9.17, 15) is 4.79 Å². The van der Waals surface area contributed by atoms with E-state index in [-0.39, 0.29) is 5.78 Å². The highest BCUT2D eigenvalue weighted by Crippen LogP contribution is 2.21. The van der Waals surface area contributed by atoms with Gasteiger partial charge < -0.3 is 16.4 Å². The number of carbonyl (C=O) groups is 1. The monoisotopic (exact) mass is 425 g/mol. The summed E-state index contributed by atoms with van der Waals surface area (Å²) in [6.07, 6.45) is 4.95. The van der Waals surface area contributed by atoms with Crippen molar-refractivity contribution in [3.63, 3.8) is 0 Å². The van der Waals surface area contributed by atoms with Gasteiger partial charge in [0.1, 0.15) is 0 Å². The van der Waals surface area contributed by atoms with Gasteiger partial charge in [-0.3, -0.25) is 4.79 Å². The van der Waals surface area contributed by atoms with E-state index < -0.39 is 0 Å². The van der Waals surface area contributed by atoms with Crippen LogP contribution in [0.25, 0.3) is 0 Å². The minimum Gasteiger partial charge on any atom is -0.397 e. The average molecular weight is 426 g/mol. The van der Waals surface area contributed by atoms with E-state index in [1.165, 1.54) is 0 Å². The number of para-hydroxylation sites is 2. The summed E-state index contributed by atoms with van der Waals surface area (Å²) >= 11 is 0. The van der Waals surface area contributed by atoms with Crippen LogP contribution in [0.4, 0.5) is 17.1 Å². The van der Waals surface area contributed by atoms with Gasteiger partial charge in [-0.25, -0.2) is 0 Å². The van der Waals surface area contributed by atoms with Crippen LogP contribution in [0, 0.1) is 0 Å². The molecule has 0 aromatic heterocycles. The number of nitrogen functional groups attached to an aromatic ring is 1. The summed E-state index contributed by atoms with van der Waals surface area (Å²) in [6.45, 7) is 8.24. The lowest BCUT2D eigenvalue weighted by molar-refractivity contribution is 0.103. The van der Waals surface area contributed by atoms with Crippen molar-refractivity contribution in [1.82, 2.24) is 0 Å². The van der Waals surface area contributed by atoms with Crippen LogP contribution < -0.4 is 16.4 Å². The zero-order valence-corrected chi connectivity index (χ0v) is 18.4. The number of ketones is 1. The number of hydrogen-bond acceptors (Lipinski definition) is 4. The number of hydrogen-bond donors (Lipinski definition) is 3. The first-order chi connectivity index (χ1) is 15.5. The molecule has 4 N–H and O–H groups in total. The fraction of sp³-hybridized carbons (Fsp3) is 0.179. The normalized spacial score (nSPS) is 10.4. The molecule has 0 aliphatic heterocycles. The molecule has 0 saturated heterocycles. The maximum absolute atomic E-state index is 12.6. The van der Waals surface area contributed by atoms with Crippen LogP contribution in [0.15, 0.2) is 103 Å². The van der Waals surface area contributed by atoms with E-state index in [4.69, 9.17) is 5.73 Å². The molecular weight excluding hydrogens is 394 g/mol. The van der Waals surface area contributed by atoms with Gasteiger partial charge in [0.05, 0.1) is 11.4 Å². The highest BCUT2D eigenvalue weighted by molar-refractivity contribution is 6.09. The Bertz CT molecular complexity index is 1070. The van der Waals surface area contributed by atoms with Crippen LogP contribution in [0.5, 0.6) is 0 Å². The van der Waals surface area contributed by atoms with Crippen molar-refractivity contribution >= 4 is 22.8 Å². The lowest BCUT2D eigenvalue weighted by Crippen LogP contribution is -2.03. The maximum Gasteiger partial charge on any atom is 0.193 e. The molecular formula is C28H31N3O. The third-order valence-corrected chi connectivity index (χ3v) is 5.21. The molecule has 0 bridgehead atoms. The number of nitrogens with two attached hydrogens (primary N) is 1. The van der Waals surface area contributed by atoms with Gasteiger partial charge in [-0.15, -0.1) is 0 Å². The number of unbranched alkanes of at least 4 members (excludes halogenated alkanes) is 2. The summed E-state index contributed by atoms with van der Waals surface area (Å²) in [4.78, 5) is 12.6. The first-order valence-corrected chi connectivity index (χ1v) is 11.0. The molecule has 0 saturated carbocycles. The Balaban J connectivity index is 1.38. The molecule has 0 heterocycles. The van der Waals surface area contributed by atoms with Crippen molar-refractivity contribution in [2.24, 2.45) is 0 Å². The molecule has 32 heavy (non-hydrogen) atoms. The molecule has 0 aliphatic carbocycles. The zero-order valence-electron chi connectivity index (χ0n) is 18.4. The Kier molecular flexibility index (Phi) is 8.27. The Morgan fingerprint density at radius 3 is 2.06 bits per heavy atom. The first kappa shape index (κ1) is 22.9. The maximum atomic E-state index is 12.6. The van der Waals surface area contributed by atoms with Gasteiger partial charge in [0, 0.05) is 28.2 Å². The standard InChI is InChI=1S/C28H31N3O/c1-21(12-5-3-6-13-22(2)31-27-19-10-9-18-26(27)29)30-25-17-11-16-24(20-25)28(32)23-14-7-4-8-15-23/h4,7-11,14-20,30-31H,1-3,5-6,12-13,29H2. The second-order valence-corrected chi connectivity index (χ2v) is 7.88. The van der Waals surface area contributed by atoms with Crippen molar-refractivity contribution in [3.8, 4) is 0 Å². The van der Waals surface area contributed by atoms with Gasteiger partial charge in [0.2, 0.25) is 0 Å². The molecule has 0 aliphatic rings. The Morgan fingerprint density at radius 2 is 1.34 bits per heavy atom. The van der Waals surface area contributed by atoms with Crippen LogP contribution >= 0.6 is 0 Å². The van der Waals surface area contributed by atoms with Crippen molar-refractivity contribution < 1.29 is 4.79 Å². The van der Waals surface area contributed by atoms with E-state index in [0.717, 1.165) is 60.6 Å². The molecule has 4 nitrogen and oxygen atoms in total. The second-order valence-electron chi connectivity index (χ2n) is 7.88. The van der Waals surface area contributed by atoms with Crippen molar-refractivity contribution in [3.05, 3.63) is 115 Å². The minimum atomic E-state index is 0.0194. The van der Waals surface area contributed by atoms with Crippen molar-refractivity contribution in [2.45, 2.75) is 32.1 Å². The average Bonchev–Trinajstić information content (AvgIpc) is 2.80. The molecule has 3 rings (SSSR count). The molecule has 3 aromatic rings. The van der Waals surface area contributed by atoms with Gasteiger partial charge in [-0.05, 0) is 49.9 Å². The third-order valence-electron chi connectivity index (χ3n) is 5.21. The predicted molar refractivity (Wildman–Crippen MR) is 136 cm³/mol. The molecule has 0 unspecified atom stereocenters. The van der Waals surface area contributed by atoms with Gasteiger partial charge in [0.25, 0.3) is 0 Å². The molecule has 3 aromatic carbocycles. The summed E-state index contributed by atoms with van der Waals surface area (Å²) < 4.78 is 0. The quantitative estimate of drug-likeness (QED) is 0.166. The van der Waals surface area contributed by atoms with Gasteiger partial charge in [-0.1, -0.05) is 74.2 Å². The summed E-state index contributed by atoms with van der Waals surface area (Å²) in [6, 6.07) is 24.6. The molecule has 0 amide bonds. The number of nitrogens with one attached hydrogen (secondary N) is 2. The lowest BCUT2D eigenvalue weighted by Gasteiger charge is -2.12. The minimum absolute atomic E-state index is 0.0194. The SMILES string of the molecule is C=C(CCCCCC(=C)Nc1ccccc1N)Nc1cccc(C(=O)c2ccccc2)c1. The summed E-state index contributed by atoms with van der Waals surface area (Å²) in [5, 5.41) is 6.63.